The summed E-state index contributed by atoms with van der Waals surface area (Å²) in [5, 5.41) is 0. The molecule has 0 aliphatic carbocycles. The molecule has 0 fully saturated rings. The molecular weight excluding hydrogens is 336 g/mol. The first-order chi connectivity index (χ1) is 10.1. The molecule has 5 nitrogen and oxygen atoms in total. The Morgan fingerprint density at radius 2 is 2.14 bits per heavy atom. The number of halogens is 1. The average molecular weight is 347 g/mol. The summed E-state index contributed by atoms with van der Waals surface area (Å²) in [7, 11) is 1.30. The summed E-state index contributed by atoms with van der Waals surface area (Å²) in [4.78, 5) is 29.7. The molecule has 0 bridgehead atoms. The van der Waals surface area contributed by atoms with E-state index in [1.807, 2.05) is 12.1 Å². The van der Waals surface area contributed by atoms with Crippen LogP contribution in [0, 0.1) is 0 Å². The SMILES string of the molecule is COC(=O)c1cccc(N2Cc3ccc(Br)cc3C2=O)n1. The van der Waals surface area contributed by atoms with Crippen LogP contribution in [0.25, 0.3) is 0 Å². The highest BCUT2D eigenvalue weighted by Gasteiger charge is 2.29. The topological polar surface area (TPSA) is 59.5 Å². The lowest BCUT2D eigenvalue weighted by molar-refractivity contribution is 0.0593. The van der Waals surface area contributed by atoms with Crippen LogP contribution in [-0.2, 0) is 11.3 Å². The lowest BCUT2D eigenvalue weighted by Gasteiger charge is -2.14. The molecule has 2 aromatic rings. The van der Waals surface area contributed by atoms with Crippen LogP contribution in [0.1, 0.15) is 26.4 Å². The van der Waals surface area contributed by atoms with E-state index in [9.17, 15) is 9.59 Å². The first-order valence-corrected chi connectivity index (χ1v) is 7.05. The van der Waals surface area contributed by atoms with Crippen molar-refractivity contribution in [2.75, 3.05) is 12.0 Å². The minimum atomic E-state index is -0.524. The maximum absolute atomic E-state index is 12.4. The number of carbonyl (C=O) groups excluding carboxylic acids is 2. The zero-order chi connectivity index (χ0) is 15.0. The number of fused-ring (bicyclic) bond motifs is 1. The maximum Gasteiger partial charge on any atom is 0.356 e. The van der Waals surface area contributed by atoms with E-state index in [4.69, 9.17) is 0 Å². The number of hydrogen-bond donors (Lipinski definition) is 0. The van der Waals surface area contributed by atoms with Crippen LogP contribution in [0.2, 0.25) is 0 Å². The van der Waals surface area contributed by atoms with Crippen molar-refractivity contribution in [1.82, 2.24) is 4.98 Å². The first-order valence-electron chi connectivity index (χ1n) is 6.26. The minimum Gasteiger partial charge on any atom is -0.464 e. The lowest BCUT2D eigenvalue weighted by atomic mass is 10.1. The van der Waals surface area contributed by atoms with E-state index in [0.717, 1.165) is 10.0 Å². The van der Waals surface area contributed by atoms with Gasteiger partial charge in [0.1, 0.15) is 5.82 Å². The van der Waals surface area contributed by atoms with Crippen LogP contribution < -0.4 is 4.90 Å². The average Bonchev–Trinajstić information content (AvgIpc) is 2.83. The van der Waals surface area contributed by atoms with E-state index in [1.54, 1.807) is 29.2 Å². The van der Waals surface area contributed by atoms with Gasteiger partial charge in [0.05, 0.1) is 13.7 Å². The van der Waals surface area contributed by atoms with E-state index in [2.05, 4.69) is 25.7 Å². The van der Waals surface area contributed by atoms with Gasteiger partial charge in [0, 0.05) is 10.0 Å². The van der Waals surface area contributed by atoms with E-state index >= 15 is 0 Å². The first kappa shape index (κ1) is 13.8. The summed E-state index contributed by atoms with van der Waals surface area (Å²) >= 11 is 3.36. The molecule has 0 saturated heterocycles. The molecule has 0 radical (unpaired) electrons. The molecule has 1 aromatic carbocycles. The van der Waals surface area contributed by atoms with Crippen molar-refractivity contribution in [2.45, 2.75) is 6.54 Å². The summed E-state index contributed by atoms with van der Waals surface area (Å²) < 4.78 is 5.50. The lowest BCUT2D eigenvalue weighted by Crippen LogP contribution is -2.24. The molecule has 1 aliphatic heterocycles. The molecule has 6 heteroatoms. The van der Waals surface area contributed by atoms with Crippen molar-refractivity contribution in [3.05, 3.63) is 57.7 Å². The van der Waals surface area contributed by atoms with Gasteiger partial charge in [0.2, 0.25) is 0 Å². The molecule has 1 amide bonds. The number of aromatic nitrogens is 1. The van der Waals surface area contributed by atoms with Crippen LogP contribution in [-0.4, -0.2) is 24.0 Å². The number of carbonyl (C=O) groups is 2. The number of esters is 1. The summed E-state index contributed by atoms with van der Waals surface area (Å²) in [5.74, 6) is -0.209. The van der Waals surface area contributed by atoms with Crippen LogP contribution in [0.5, 0.6) is 0 Å². The molecule has 0 spiro atoms. The van der Waals surface area contributed by atoms with Gasteiger partial charge in [-0.3, -0.25) is 9.69 Å². The molecule has 0 unspecified atom stereocenters. The van der Waals surface area contributed by atoms with Gasteiger partial charge in [-0.25, -0.2) is 9.78 Å². The standard InChI is InChI=1S/C15H11BrN2O3/c1-21-15(20)12-3-2-4-13(17-12)18-8-9-5-6-10(16)7-11(9)14(18)19/h2-7H,8H2,1H3. The van der Waals surface area contributed by atoms with Gasteiger partial charge in [0.25, 0.3) is 5.91 Å². The van der Waals surface area contributed by atoms with Crippen LogP contribution in [0.15, 0.2) is 40.9 Å². The zero-order valence-electron chi connectivity index (χ0n) is 11.2. The number of benzene rings is 1. The Labute approximate surface area is 129 Å². The number of rotatable bonds is 2. The summed E-state index contributed by atoms with van der Waals surface area (Å²) in [6, 6.07) is 10.5. The number of nitrogens with zero attached hydrogens (tertiary/aromatic N) is 2. The quantitative estimate of drug-likeness (QED) is 0.784. The van der Waals surface area contributed by atoms with Crippen molar-refractivity contribution in [2.24, 2.45) is 0 Å². The van der Waals surface area contributed by atoms with E-state index in [1.165, 1.54) is 7.11 Å². The number of amides is 1. The normalized spacial score (nSPS) is 13.2. The molecule has 21 heavy (non-hydrogen) atoms. The molecule has 0 atom stereocenters. The van der Waals surface area contributed by atoms with Gasteiger partial charge in [-0.1, -0.05) is 28.1 Å². The third-order valence-electron chi connectivity index (χ3n) is 3.28. The number of anilines is 1. The van der Waals surface area contributed by atoms with Crippen molar-refractivity contribution in [3.8, 4) is 0 Å². The summed E-state index contributed by atoms with van der Waals surface area (Å²) in [6.07, 6.45) is 0. The molecule has 106 valence electrons. The van der Waals surface area contributed by atoms with Gasteiger partial charge in [-0.05, 0) is 29.8 Å². The molecule has 0 N–H and O–H groups in total. The van der Waals surface area contributed by atoms with Crippen molar-refractivity contribution >= 4 is 33.6 Å². The van der Waals surface area contributed by atoms with E-state index in [0.29, 0.717) is 17.9 Å². The largest absolute Gasteiger partial charge is 0.464 e. The van der Waals surface area contributed by atoms with Gasteiger partial charge in [0.15, 0.2) is 5.69 Å². The number of ether oxygens (including phenoxy) is 1. The van der Waals surface area contributed by atoms with Crippen LogP contribution >= 0.6 is 15.9 Å². The predicted molar refractivity (Wildman–Crippen MR) is 80.2 cm³/mol. The second-order valence-corrected chi connectivity index (χ2v) is 5.48. The Morgan fingerprint density at radius 1 is 1.33 bits per heavy atom. The van der Waals surface area contributed by atoms with Gasteiger partial charge < -0.3 is 4.74 Å². The Kier molecular flexibility index (Phi) is 3.47. The molecular formula is C15H11BrN2O3. The van der Waals surface area contributed by atoms with Crippen molar-refractivity contribution in [1.29, 1.82) is 0 Å². The Bertz CT molecular complexity index is 745. The maximum atomic E-state index is 12.4. The third-order valence-corrected chi connectivity index (χ3v) is 3.77. The fourth-order valence-electron chi connectivity index (χ4n) is 2.25. The van der Waals surface area contributed by atoms with Crippen LogP contribution in [0.4, 0.5) is 5.82 Å². The predicted octanol–water partition coefficient (Wildman–Crippen LogP) is 2.79. The Hall–Kier alpha value is -2.21. The summed E-state index contributed by atoms with van der Waals surface area (Å²) in [5.41, 5.74) is 1.77. The highest BCUT2D eigenvalue weighted by Crippen LogP contribution is 2.29. The van der Waals surface area contributed by atoms with Gasteiger partial charge in [-0.15, -0.1) is 0 Å². The summed E-state index contributed by atoms with van der Waals surface area (Å²) in [6.45, 7) is 0.444. The molecule has 1 aliphatic rings. The zero-order valence-corrected chi connectivity index (χ0v) is 12.8. The molecule has 2 heterocycles. The molecule has 1 aromatic heterocycles. The number of hydrogen-bond acceptors (Lipinski definition) is 4. The van der Waals surface area contributed by atoms with Crippen LogP contribution in [0.3, 0.4) is 0 Å². The van der Waals surface area contributed by atoms with Crippen molar-refractivity contribution < 1.29 is 14.3 Å². The Morgan fingerprint density at radius 3 is 2.90 bits per heavy atom. The molecule has 0 saturated carbocycles. The van der Waals surface area contributed by atoms with E-state index in [-0.39, 0.29) is 11.6 Å². The van der Waals surface area contributed by atoms with Gasteiger partial charge >= 0.3 is 5.97 Å². The van der Waals surface area contributed by atoms with Gasteiger partial charge in [-0.2, -0.15) is 0 Å². The fourth-order valence-corrected chi connectivity index (χ4v) is 2.61. The third kappa shape index (κ3) is 2.42. The molecule has 3 rings (SSSR count). The highest BCUT2D eigenvalue weighted by molar-refractivity contribution is 9.10. The van der Waals surface area contributed by atoms with E-state index < -0.39 is 5.97 Å². The van der Waals surface area contributed by atoms with Crippen molar-refractivity contribution in [3.63, 3.8) is 0 Å². The Balaban J connectivity index is 1.97. The fraction of sp³-hybridized carbons (Fsp3) is 0.133. The monoisotopic (exact) mass is 346 g/mol. The minimum absolute atomic E-state index is 0.124. The second-order valence-electron chi connectivity index (χ2n) is 4.57. The second kappa shape index (κ2) is 5.29. The number of pyridine rings is 1. The smallest absolute Gasteiger partial charge is 0.356 e. The number of methoxy groups -OCH3 is 1. The highest BCUT2D eigenvalue weighted by atomic mass is 79.9.